The second-order valence-corrected chi connectivity index (χ2v) is 3.95. The highest BCUT2D eigenvalue weighted by atomic mass is 16.5. The Hall–Kier alpha value is -1.50. The van der Waals surface area contributed by atoms with Crippen LogP contribution in [-0.2, 0) is 6.54 Å². The summed E-state index contributed by atoms with van der Waals surface area (Å²) in [5, 5.41) is 21.1. The van der Waals surface area contributed by atoms with Gasteiger partial charge in [0.1, 0.15) is 17.2 Å². The number of rotatable bonds is 8. The Morgan fingerprint density at radius 2 is 1.53 bits per heavy atom. The Bertz CT molecular complexity index is 368. The molecule has 0 aliphatic rings. The van der Waals surface area contributed by atoms with E-state index in [1.54, 1.807) is 33.5 Å². The Balaban J connectivity index is 2.96. The molecule has 3 N–H and O–H groups in total. The predicted molar refractivity (Wildman–Crippen MR) is 70.9 cm³/mol. The highest BCUT2D eigenvalue weighted by Crippen LogP contribution is 2.33. The Kier molecular flexibility index (Phi) is 6.41. The third-order valence-corrected chi connectivity index (χ3v) is 2.83. The van der Waals surface area contributed by atoms with Gasteiger partial charge in [-0.15, -0.1) is 0 Å². The predicted octanol–water partition coefficient (Wildman–Crippen LogP) is 0.155. The summed E-state index contributed by atoms with van der Waals surface area (Å²) in [6.07, 6.45) is 0. The maximum atomic E-state index is 9.03. The molecule has 6 heteroatoms. The van der Waals surface area contributed by atoms with E-state index in [2.05, 4.69) is 5.32 Å². The van der Waals surface area contributed by atoms with Crippen molar-refractivity contribution in [3.63, 3.8) is 0 Å². The lowest BCUT2D eigenvalue weighted by Crippen LogP contribution is -2.35. The van der Waals surface area contributed by atoms with Gasteiger partial charge in [0, 0.05) is 18.7 Å². The zero-order valence-electron chi connectivity index (χ0n) is 11.5. The first-order valence-corrected chi connectivity index (χ1v) is 5.94. The van der Waals surface area contributed by atoms with E-state index >= 15 is 0 Å². The van der Waals surface area contributed by atoms with Crippen molar-refractivity contribution in [2.45, 2.75) is 12.6 Å². The van der Waals surface area contributed by atoms with Crippen molar-refractivity contribution in [2.24, 2.45) is 0 Å². The molecule has 0 amide bonds. The normalized spacial score (nSPS) is 10.6. The molecule has 6 nitrogen and oxygen atoms in total. The fraction of sp³-hybridized carbons (Fsp3) is 0.538. The van der Waals surface area contributed by atoms with Crippen LogP contribution in [0.5, 0.6) is 17.2 Å². The Labute approximate surface area is 112 Å². The van der Waals surface area contributed by atoms with Crippen LogP contribution in [0.25, 0.3) is 0 Å². The number of nitrogens with one attached hydrogen (secondary N) is 1. The molecule has 0 fully saturated rings. The fourth-order valence-electron chi connectivity index (χ4n) is 1.69. The molecular weight excluding hydrogens is 250 g/mol. The number of hydrogen-bond donors (Lipinski definition) is 3. The van der Waals surface area contributed by atoms with Gasteiger partial charge in [-0.2, -0.15) is 0 Å². The van der Waals surface area contributed by atoms with Gasteiger partial charge in [0.25, 0.3) is 0 Å². The molecule has 0 spiro atoms. The quantitative estimate of drug-likeness (QED) is 0.625. The van der Waals surface area contributed by atoms with Crippen molar-refractivity contribution in [1.82, 2.24) is 5.32 Å². The minimum absolute atomic E-state index is 0.142. The van der Waals surface area contributed by atoms with E-state index in [-0.39, 0.29) is 19.3 Å². The number of benzene rings is 1. The van der Waals surface area contributed by atoms with Crippen LogP contribution in [0.4, 0.5) is 0 Å². The summed E-state index contributed by atoms with van der Waals surface area (Å²) in [5.74, 6) is 1.88. The van der Waals surface area contributed by atoms with Gasteiger partial charge in [-0.25, -0.2) is 0 Å². The fourth-order valence-corrected chi connectivity index (χ4v) is 1.69. The van der Waals surface area contributed by atoms with Crippen molar-refractivity contribution in [2.75, 3.05) is 34.5 Å². The molecule has 0 aromatic heterocycles. The highest BCUT2D eigenvalue weighted by molar-refractivity contribution is 5.50. The topological polar surface area (TPSA) is 80.2 Å². The smallest absolute Gasteiger partial charge is 0.130 e. The zero-order valence-corrected chi connectivity index (χ0v) is 11.5. The largest absolute Gasteiger partial charge is 0.496 e. The van der Waals surface area contributed by atoms with Gasteiger partial charge < -0.3 is 29.7 Å². The number of ether oxygens (including phenoxy) is 3. The number of hydrogen-bond acceptors (Lipinski definition) is 6. The third kappa shape index (κ3) is 3.99. The first kappa shape index (κ1) is 15.6. The van der Waals surface area contributed by atoms with Gasteiger partial charge in [0.2, 0.25) is 0 Å². The summed E-state index contributed by atoms with van der Waals surface area (Å²) >= 11 is 0. The minimum Gasteiger partial charge on any atom is -0.496 e. The molecule has 0 bridgehead atoms. The Morgan fingerprint density at radius 1 is 1.00 bits per heavy atom. The average Bonchev–Trinajstić information content (AvgIpc) is 2.47. The SMILES string of the molecule is COc1cc(OC)c(CNC(CO)CO)c(OC)c1. The van der Waals surface area contributed by atoms with Crippen LogP contribution < -0.4 is 19.5 Å². The van der Waals surface area contributed by atoms with Crippen LogP contribution in [0.2, 0.25) is 0 Å². The van der Waals surface area contributed by atoms with Crippen LogP contribution in [0, 0.1) is 0 Å². The maximum Gasteiger partial charge on any atom is 0.130 e. The summed E-state index contributed by atoms with van der Waals surface area (Å²) in [6, 6.07) is 3.13. The average molecular weight is 271 g/mol. The lowest BCUT2D eigenvalue weighted by Gasteiger charge is -2.18. The molecule has 0 heterocycles. The van der Waals surface area contributed by atoms with E-state index in [9.17, 15) is 0 Å². The summed E-state index contributed by atoms with van der Waals surface area (Å²) in [6.45, 7) is 0.122. The van der Waals surface area contributed by atoms with Gasteiger partial charge in [-0.05, 0) is 0 Å². The molecule has 0 atom stereocenters. The molecule has 0 saturated heterocycles. The van der Waals surface area contributed by atoms with Crippen LogP contribution in [0.15, 0.2) is 12.1 Å². The van der Waals surface area contributed by atoms with Gasteiger partial charge in [-0.3, -0.25) is 0 Å². The zero-order chi connectivity index (χ0) is 14.3. The van der Waals surface area contributed by atoms with Crippen molar-refractivity contribution < 1.29 is 24.4 Å². The monoisotopic (exact) mass is 271 g/mol. The van der Waals surface area contributed by atoms with E-state index in [0.29, 0.717) is 23.8 Å². The summed E-state index contributed by atoms with van der Waals surface area (Å²) in [4.78, 5) is 0. The molecule has 0 aliphatic carbocycles. The van der Waals surface area contributed by atoms with E-state index in [1.165, 1.54) is 0 Å². The van der Waals surface area contributed by atoms with Crippen molar-refractivity contribution in [3.8, 4) is 17.2 Å². The van der Waals surface area contributed by atoms with Crippen molar-refractivity contribution in [3.05, 3.63) is 17.7 Å². The molecule has 1 aromatic carbocycles. The van der Waals surface area contributed by atoms with E-state index in [4.69, 9.17) is 24.4 Å². The first-order valence-electron chi connectivity index (χ1n) is 5.94. The third-order valence-electron chi connectivity index (χ3n) is 2.83. The molecule has 19 heavy (non-hydrogen) atoms. The van der Waals surface area contributed by atoms with Crippen LogP contribution in [-0.4, -0.2) is 50.8 Å². The number of methoxy groups -OCH3 is 3. The van der Waals surface area contributed by atoms with Crippen LogP contribution >= 0.6 is 0 Å². The molecular formula is C13H21NO5. The summed E-state index contributed by atoms with van der Waals surface area (Å²) in [7, 11) is 4.69. The lowest BCUT2D eigenvalue weighted by molar-refractivity contribution is 0.169. The van der Waals surface area contributed by atoms with Crippen molar-refractivity contribution >= 4 is 0 Å². The molecule has 108 valence electrons. The van der Waals surface area contributed by atoms with Gasteiger partial charge in [-0.1, -0.05) is 0 Å². The number of aliphatic hydroxyl groups excluding tert-OH is 2. The minimum atomic E-state index is -0.378. The van der Waals surface area contributed by atoms with Crippen LogP contribution in [0.3, 0.4) is 0 Å². The van der Waals surface area contributed by atoms with Gasteiger partial charge >= 0.3 is 0 Å². The van der Waals surface area contributed by atoms with E-state index < -0.39 is 0 Å². The summed E-state index contributed by atoms with van der Waals surface area (Å²) in [5.41, 5.74) is 0.803. The second kappa shape index (κ2) is 7.83. The van der Waals surface area contributed by atoms with E-state index in [0.717, 1.165) is 5.56 Å². The van der Waals surface area contributed by atoms with Gasteiger partial charge in [0.15, 0.2) is 0 Å². The first-order chi connectivity index (χ1) is 9.19. The standard InChI is InChI=1S/C13H21NO5/c1-17-10-4-12(18-2)11(13(5-10)19-3)6-14-9(7-15)8-16/h4-5,9,14-16H,6-8H2,1-3H3. The molecule has 0 unspecified atom stereocenters. The maximum absolute atomic E-state index is 9.03. The Morgan fingerprint density at radius 3 is 1.89 bits per heavy atom. The lowest BCUT2D eigenvalue weighted by atomic mass is 10.1. The molecule has 0 aliphatic heterocycles. The molecule has 1 rings (SSSR count). The highest BCUT2D eigenvalue weighted by Gasteiger charge is 2.14. The number of aliphatic hydroxyl groups is 2. The second-order valence-electron chi connectivity index (χ2n) is 3.95. The van der Waals surface area contributed by atoms with Crippen LogP contribution in [0.1, 0.15) is 5.56 Å². The van der Waals surface area contributed by atoms with Gasteiger partial charge in [0.05, 0.1) is 46.1 Å². The van der Waals surface area contributed by atoms with E-state index in [1.807, 2.05) is 0 Å². The van der Waals surface area contributed by atoms with Crippen molar-refractivity contribution in [1.29, 1.82) is 0 Å². The molecule has 0 radical (unpaired) electrons. The summed E-state index contributed by atoms with van der Waals surface area (Å²) < 4.78 is 15.8. The molecule has 1 aromatic rings. The molecule has 0 saturated carbocycles.